The number of rotatable bonds is 2. The number of nitrogens with one attached hydrogen (secondary N) is 1. The molecule has 1 aromatic heterocycles. The number of nitrogens with zero attached hydrogens (tertiary/aromatic N) is 4. The first-order valence-electron chi connectivity index (χ1n) is 8.07. The van der Waals surface area contributed by atoms with Crippen LogP contribution in [0.3, 0.4) is 0 Å². The number of amides is 1. The predicted octanol–water partition coefficient (Wildman–Crippen LogP) is 0.871. The first-order valence-corrected chi connectivity index (χ1v) is 8.07. The summed E-state index contributed by atoms with van der Waals surface area (Å²) in [6.45, 7) is 10.1. The van der Waals surface area contributed by atoms with Crippen molar-refractivity contribution in [1.82, 2.24) is 15.2 Å². The molecule has 3 heterocycles. The van der Waals surface area contributed by atoms with Gasteiger partial charge in [-0.2, -0.15) is 5.26 Å². The second-order valence-electron chi connectivity index (χ2n) is 7.15. The van der Waals surface area contributed by atoms with Crippen molar-refractivity contribution >= 4 is 11.6 Å². The van der Waals surface area contributed by atoms with Crippen molar-refractivity contribution in [3.63, 3.8) is 0 Å². The topological polar surface area (TPSA) is 72.3 Å². The minimum Gasteiger partial charge on any atom is -0.312 e. The van der Waals surface area contributed by atoms with Crippen LogP contribution in [0.4, 0.5) is 5.69 Å². The molecule has 2 aliphatic heterocycles. The summed E-state index contributed by atoms with van der Waals surface area (Å²) in [5.74, 6) is 0.0982. The van der Waals surface area contributed by atoms with Gasteiger partial charge in [-0.3, -0.25) is 9.69 Å². The summed E-state index contributed by atoms with van der Waals surface area (Å²) in [6, 6.07) is 4.21. The first kappa shape index (κ1) is 15.9. The number of pyridine rings is 1. The lowest BCUT2D eigenvalue weighted by molar-refractivity contribution is -0.120. The summed E-state index contributed by atoms with van der Waals surface area (Å²) in [5, 5.41) is 12.5. The SMILES string of the molecule is C[C@@H]1CN(CC(=O)N2CC(C)(C)c3cnc(C#N)cc32)CCN1. The second kappa shape index (κ2) is 5.91. The Morgan fingerprint density at radius 3 is 3.04 bits per heavy atom. The molecule has 0 aliphatic carbocycles. The van der Waals surface area contributed by atoms with Crippen molar-refractivity contribution in [3.8, 4) is 6.07 Å². The molecule has 1 amide bonds. The third-order valence-electron chi connectivity index (χ3n) is 4.68. The third kappa shape index (κ3) is 3.07. The third-order valence-corrected chi connectivity index (χ3v) is 4.68. The van der Waals surface area contributed by atoms with Crippen LogP contribution in [0.2, 0.25) is 0 Å². The van der Waals surface area contributed by atoms with Gasteiger partial charge in [0.15, 0.2) is 0 Å². The van der Waals surface area contributed by atoms with Crippen molar-refractivity contribution in [2.24, 2.45) is 0 Å². The fraction of sp³-hybridized carbons (Fsp3) is 0.588. The largest absolute Gasteiger partial charge is 0.312 e. The molecule has 0 spiro atoms. The van der Waals surface area contributed by atoms with Gasteiger partial charge in [-0.25, -0.2) is 4.98 Å². The summed E-state index contributed by atoms with van der Waals surface area (Å²) < 4.78 is 0. The zero-order chi connectivity index (χ0) is 16.6. The molecule has 0 saturated carbocycles. The van der Waals surface area contributed by atoms with E-state index in [1.165, 1.54) is 0 Å². The number of fused-ring (bicyclic) bond motifs is 1. The van der Waals surface area contributed by atoms with Gasteiger partial charge in [0.05, 0.1) is 12.2 Å². The quantitative estimate of drug-likeness (QED) is 0.877. The Bertz CT molecular complexity index is 663. The molecule has 0 radical (unpaired) electrons. The molecule has 0 bridgehead atoms. The molecule has 1 aromatic rings. The van der Waals surface area contributed by atoms with Crippen molar-refractivity contribution in [1.29, 1.82) is 5.26 Å². The summed E-state index contributed by atoms with van der Waals surface area (Å²) in [7, 11) is 0. The van der Waals surface area contributed by atoms with Crippen LogP contribution < -0.4 is 10.2 Å². The van der Waals surface area contributed by atoms with Gasteiger partial charge >= 0.3 is 0 Å². The lowest BCUT2D eigenvalue weighted by atomic mass is 9.88. The average molecular weight is 313 g/mol. The van der Waals surface area contributed by atoms with Gasteiger partial charge in [-0.05, 0) is 13.0 Å². The lowest BCUT2D eigenvalue weighted by Crippen LogP contribution is -2.52. The fourth-order valence-corrected chi connectivity index (χ4v) is 3.47. The zero-order valence-corrected chi connectivity index (χ0v) is 14.0. The maximum absolute atomic E-state index is 12.8. The van der Waals surface area contributed by atoms with Gasteiger partial charge in [0.1, 0.15) is 11.8 Å². The van der Waals surface area contributed by atoms with E-state index in [1.807, 2.05) is 4.90 Å². The van der Waals surface area contributed by atoms with Crippen molar-refractivity contribution < 1.29 is 4.79 Å². The van der Waals surface area contributed by atoms with Crippen molar-refractivity contribution in [3.05, 3.63) is 23.5 Å². The number of aromatic nitrogens is 1. The molecule has 6 nitrogen and oxygen atoms in total. The molecule has 23 heavy (non-hydrogen) atoms. The summed E-state index contributed by atoms with van der Waals surface area (Å²) in [6.07, 6.45) is 1.74. The Morgan fingerprint density at radius 2 is 2.35 bits per heavy atom. The monoisotopic (exact) mass is 313 g/mol. The van der Waals surface area contributed by atoms with E-state index in [1.54, 1.807) is 12.3 Å². The van der Waals surface area contributed by atoms with Gasteiger partial charge in [-0.15, -0.1) is 0 Å². The van der Waals surface area contributed by atoms with Crippen LogP contribution in [-0.4, -0.2) is 54.6 Å². The number of carbonyl (C=O) groups excluding carboxylic acids is 1. The van der Waals surface area contributed by atoms with E-state index >= 15 is 0 Å². The van der Waals surface area contributed by atoms with Gasteiger partial charge < -0.3 is 10.2 Å². The highest BCUT2D eigenvalue weighted by Gasteiger charge is 2.39. The molecule has 0 aromatic carbocycles. The Kier molecular flexibility index (Phi) is 4.09. The number of hydrogen-bond acceptors (Lipinski definition) is 5. The van der Waals surface area contributed by atoms with Crippen LogP contribution in [0.25, 0.3) is 0 Å². The predicted molar refractivity (Wildman–Crippen MR) is 88.2 cm³/mol. The van der Waals surface area contributed by atoms with Gasteiger partial charge in [0, 0.05) is 49.4 Å². The molecule has 6 heteroatoms. The summed E-state index contributed by atoms with van der Waals surface area (Å²) >= 11 is 0. The van der Waals surface area contributed by atoms with E-state index in [9.17, 15) is 4.79 Å². The lowest BCUT2D eigenvalue weighted by Gasteiger charge is -2.32. The van der Waals surface area contributed by atoms with Crippen LogP contribution in [0.15, 0.2) is 12.3 Å². The highest BCUT2D eigenvalue weighted by atomic mass is 16.2. The van der Waals surface area contributed by atoms with Gasteiger partial charge in [-0.1, -0.05) is 13.8 Å². The Labute approximate surface area is 137 Å². The van der Waals surface area contributed by atoms with Crippen LogP contribution in [0, 0.1) is 11.3 Å². The van der Waals surface area contributed by atoms with Crippen LogP contribution in [0.5, 0.6) is 0 Å². The average Bonchev–Trinajstić information content (AvgIpc) is 2.78. The standard InChI is InChI=1S/C17H23N5O/c1-12-9-21(5-4-19-12)10-16(23)22-11-17(2,3)14-8-20-13(7-18)6-15(14)22/h6,8,12,19H,4-5,9-11H2,1-3H3/t12-/m1/s1. The van der Waals surface area contributed by atoms with E-state index in [0.717, 1.165) is 30.9 Å². The second-order valence-corrected chi connectivity index (χ2v) is 7.15. The van der Waals surface area contributed by atoms with E-state index < -0.39 is 0 Å². The number of anilines is 1. The molecule has 1 saturated heterocycles. The fourth-order valence-electron chi connectivity index (χ4n) is 3.47. The Balaban J connectivity index is 1.81. The smallest absolute Gasteiger partial charge is 0.241 e. The normalized spacial score (nSPS) is 23.4. The van der Waals surface area contributed by atoms with Gasteiger partial charge in [0.25, 0.3) is 0 Å². The van der Waals surface area contributed by atoms with E-state index in [4.69, 9.17) is 5.26 Å². The van der Waals surface area contributed by atoms with Crippen LogP contribution >= 0.6 is 0 Å². The first-order chi connectivity index (χ1) is 10.9. The maximum Gasteiger partial charge on any atom is 0.241 e. The zero-order valence-electron chi connectivity index (χ0n) is 14.0. The number of carbonyl (C=O) groups is 1. The molecule has 0 unspecified atom stereocenters. The van der Waals surface area contributed by atoms with Crippen LogP contribution in [0.1, 0.15) is 32.0 Å². The van der Waals surface area contributed by atoms with Crippen molar-refractivity contribution in [2.75, 3.05) is 37.6 Å². The van der Waals surface area contributed by atoms with E-state index in [-0.39, 0.29) is 11.3 Å². The summed E-state index contributed by atoms with van der Waals surface area (Å²) in [4.78, 5) is 21.0. The molecular weight excluding hydrogens is 290 g/mol. The molecule has 122 valence electrons. The highest BCUT2D eigenvalue weighted by molar-refractivity contribution is 5.97. The number of piperazine rings is 1. The van der Waals surface area contributed by atoms with E-state index in [0.29, 0.717) is 24.8 Å². The highest BCUT2D eigenvalue weighted by Crippen LogP contribution is 2.40. The Hall–Kier alpha value is -1.97. The van der Waals surface area contributed by atoms with Gasteiger partial charge in [0.2, 0.25) is 5.91 Å². The molecule has 1 atom stereocenters. The van der Waals surface area contributed by atoms with Crippen LogP contribution in [-0.2, 0) is 10.2 Å². The number of nitriles is 1. The minimum absolute atomic E-state index is 0.0982. The van der Waals surface area contributed by atoms with E-state index in [2.05, 4.69) is 42.0 Å². The molecule has 1 N–H and O–H groups in total. The van der Waals surface area contributed by atoms with Crippen molar-refractivity contribution in [2.45, 2.75) is 32.2 Å². The summed E-state index contributed by atoms with van der Waals surface area (Å²) in [5.41, 5.74) is 2.10. The maximum atomic E-state index is 12.8. The molecule has 2 aliphatic rings. The Morgan fingerprint density at radius 1 is 1.57 bits per heavy atom. The molecular formula is C17H23N5O. The molecule has 1 fully saturated rings. The molecule has 3 rings (SSSR count). The number of hydrogen-bond donors (Lipinski definition) is 1. The minimum atomic E-state index is -0.136.